The molecule has 6 heteroatoms. The number of amides is 2. The Hall–Kier alpha value is -2.37. The van der Waals surface area contributed by atoms with Crippen molar-refractivity contribution in [2.75, 3.05) is 0 Å². The molecule has 0 spiro atoms. The maximum absolute atomic E-state index is 12.4. The van der Waals surface area contributed by atoms with Crippen molar-refractivity contribution in [2.45, 2.75) is 77.3 Å². The molecule has 0 saturated heterocycles. The third kappa shape index (κ3) is 5.81. The third-order valence-corrected chi connectivity index (χ3v) is 5.51. The van der Waals surface area contributed by atoms with Crippen molar-refractivity contribution >= 4 is 17.6 Å². The largest absolute Gasteiger partial charge is 0.383 e. The van der Waals surface area contributed by atoms with Crippen LogP contribution in [0.5, 0.6) is 0 Å². The molecule has 2 unspecified atom stereocenters. The lowest BCUT2D eigenvalue weighted by Gasteiger charge is -2.29. The van der Waals surface area contributed by atoms with Crippen LogP contribution >= 0.6 is 0 Å². The number of carbonyl (C=O) groups is 2. The van der Waals surface area contributed by atoms with E-state index >= 15 is 0 Å². The lowest BCUT2D eigenvalue weighted by Crippen LogP contribution is -2.42. The third-order valence-electron chi connectivity index (χ3n) is 5.51. The molecule has 2 fully saturated rings. The Balaban J connectivity index is 0.00000136. The first-order chi connectivity index (χ1) is 13.5. The summed E-state index contributed by atoms with van der Waals surface area (Å²) < 4.78 is 0. The van der Waals surface area contributed by atoms with Gasteiger partial charge < -0.3 is 16.8 Å². The maximum Gasteiger partial charge on any atom is 0.249 e. The van der Waals surface area contributed by atoms with Gasteiger partial charge in [-0.1, -0.05) is 44.9 Å². The van der Waals surface area contributed by atoms with Crippen LogP contribution in [0.4, 0.5) is 0 Å². The summed E-state index contributed by atoms with van der Waals surface area (Å²) in [5.74, 6) is 0.215. The van der Waals surface area contributed by atoms with Crippen molar-refractivity contribution < 1.29 is 9.59 Å². The maximum atomic E-state index is 12.4. The van der Waals surface area contributed by atoms with E-state index in [1.807, 2.05) is 19.9 Å². The van der Waals surface area contributed by atoms with Gasteiger partial charge in [-0.15, -0.1) is 0 Å². The molecule has 1 aromatic rings. The van der Waals surface area contributed by atoms with E-state index in [4.69, 9.17) is 11.5 Å². The molecule has 3 rings (SSSR count). The summed E-state index contributed by atoms with van der Waals surface area (Å²) in [6, 6.07) is 7.21. The van der Waals surface area contributed by atoms with Crippen LogP contribution in [0.1, 0.15) is 81.1 Å². The van der Waals surface area contributed by atoms with Gasteiger partial charge >= 0.3 is 0 Å². The van der Waals surface area contributed by atoms with E-state index in [1.165, 1.54) is 0 Å². The van der Waals surface area contributed by atoms with E-state index in [0.717, 1.165) is 51.4 Å². The predicted molar refractivity (Wildman–Crippen MR) is 113 cm³/mol. The SMILES string of the molecule is CC.NC(=O)c1ccccc1C(N)=NC1CCCC(NC(=O)C2CCCC2)C1. The zero-order valence-electron chi connectivity index (χ0n) is 17.1. The van der Waals surface area contributed by atoms with Crippen LogP contribution in [0.15, 0.2) is 29.3 Å². The molecule has 2 aliphatic carbocycles. The first kappa shape index (κ1) is 21.9. The fraction of sp³-hybridized carbons (Fsp3) is 0.591. The van der Waals surface area contributed by atoms with Gasteiger partial charge in [0.15, 0.2) is 0 Å². The zero-order valence-corrected chi connectivity index (χ0v) is 17.1. The first-order valence-electron chi connectivity index (χ1n) is 10.6. The summed E-state index contributed by atoms with van der Waals surface area (Å²) in [6.07, 6.45) is 8.06. The molecule has 0 aromatic heterocycles. The van der Waals surface area contributed by atoms with Crippen molar-refractivity contribution in [3.05, 3.63) is 35.4 Å². The van der Waals surface area contributed by atoms with E-state index in [0.29, 0.717) is 17.0 Å². The van der Waals surface area contributed by atoms with Crippen LogP contribution in [-0.2, 0) is 4.79 Å². The van der Waals surface area contributed by atoms with Crippen molar-refractivity contribution in [3.63, 3.8) is 0 Å². The first-order valence-corrected chi connectivity index (χ1v) is 10.6. The number of amidine groups is 1. The summed E-state index contributed by atoms with van der Waals surface area (Å²) in [6.45, 7) is 4.00. The molecule has 0 aliphatic heterocycles. The second-order valence-electron chi connectivity index (χ2n) is 7.43. The highest BCUT2D eigenvalue weighted by molar-refractivity contribution is 6.08. The Kier molecular flexibility index (Phi) is 8.48. The van der Waals surface area contributed by atoms with E-state index in [-0.39, 0.29) is 23.9 Å². The van der Waals surface area contributed by atoms with E-state index in [1.54, 1.807) is 18.2 Å². The molecule has 1 aromatic carbocycles. The normalized spacial score (nSPS) is 22.9. The number of aliphatic imine (C=N–C) groups is 1. The Morgan fingerprint density at radius 3 is 2.25 bits per heavy atom. The molecule has 6 nitrogen and oxygen atoms in total. The van der Waals surface area contributed by atoms with Crippen LogP contribution < -0.4 is 16.8 Å². The fourth-order valence-electron chi connectivity index (χ4n) is 4.11. The standard InChI is InChI=1S/C20H28N4O2.C2H6/c21-18(16-10-3-4-11-17(16)19(22)25)23-14-8-5-9-15(12-14)24-20(26)13-6-1-2-7-13;1-2/h3-4,10-11,13-15H,1-2,5-9,12H2,(H2,21,23)(H2,22,25)(H,24,26);1-2H3. The molecule has 2 saturated carbocycles. The van der Waals surface area contributed by atoms with Gasteiger partial charge in [-0.3, -0.25) is 14.6 Å². The quantitative estimate of drug-likeness (QED) is 0.534. The van der Waals surface area contributed by atoms with E-state index < -0.39 is 5.91 Å². The number of nitrogens with one attached hydrogen (secondary N) is 1. The van der Waals surface area contributed by atoms with Gasteiger partial charge in [-0.05, 0) is 44.6 Å². The van der Waals surface area contributed by atoms with Crippen molar-refractivity contribution in [2.24, 2.45) is 22.4 Å². The highest BCUT2D eigenvalue weighted by Crippen LogP contribution is 2.27. The minimum atomic E-state index is -0.510. The number of carbonyl (C=O) groups excluding carboxylic acids is 2. The van der Waals surface area contributed by atoms with Crippen LogP contribution in [0.3, 0.4) is 0 Å². The lowest BCUT2D eigenvalue weighted by atomic mass is 9.90. The molecule has 5 N–H and O–H groups in total. The zero-order chi connectivity index (χ0) is 20.5. The molecule has 154 valence electrons. The molecule has 28 heavy (non-hydrogen) atoms. The summed E-state index contributed by atoms with van der Waals surface area (Å²) >= 11 is 0. The number of hydrogen-bond acceptors (Lipinski definition) is 3. The molecule has 0 bridgehead atoms. The number of primary amides is 1. The summed E-state index contributed by atoms with van der Waals surface area (Å²) in [7, 11) is 0. The van der Waals surface area contributed by atoms with Crippen molar-refractivity contribution in [1.29, 1.82) is 0 Å². The van der Waals surface area contributed by atoms with Crippen molar-refractivity contribution in [1.82, 2.24) is 5.32 Å². The number of benzene rings is 1. The Morgan fingerprint density at radius 2 is 1.61 bits per heavy atom. The molecule has 0 heterocycles. The minimum absolute atomic E-state index is 0.0542. The highest BCUT2D eigenvalue weighted by atomic mass is 16.2. The van der Waals surface area contributed by atoms with Gasteiger partial charge in [0.25, 0.3) is 0 Å². The fourth-order valence-corrected chi connectivity index (χ4v) is 4.11. The van der Waals surface area contributed by atoms with Gasteiger partial charge in [0.05, 0.1) is 6.04 Å². The van der Waals surface area contributed by atoms with Crippen molar-refractivity contribution in [3.8, 4) is 0 Å². The smallest absolute Gasteiger partial charge is 0.249 e. The average Bonchev–Trinajstić information content (AvgIpc) is 3.25. The highest BCUT2D eigenvalue weighted by Gasteiger charge is 2.28. The van der Waals surface area contributed by atoms with E-state index in [2.05, 4.69) is 10.3 Å². The monoisotopic (exact) mass is 386 g/mol. The lowest BCUT2D eigenvalue weighted by molar-refractivity contribution is -0.125. The topological polar surface area (TPSA) is 111 Å². The number of rotatable bonds is 5. The molecular weight excluding hydrogens is 352 g/mol. The number of nitrogens with zero attached hydrogens (tertiary/aromatic N) is 1. The number of nitrogens with two attached hydrogens (primary N) is 2. The molecule has 0 radical (unpaired) electrons. The van der Waals surface area contributed by atoms with Crippen LogP contribution in [0.2, 0.25) is 0 Å². The summed E-state index contributed by atoms with van der Waals surface area (Å²) in [4.78, 5) is 28.6. The summed E-state index contributed by atoms with van der Waals surface area (Å²) in [5, 5.41) is 3.21. The van der Waals surface area contributed by atoms with Gasteiger partial charge in [-0.2, -0.15) is 0 Å². The second-order valence-corrected chi connectivity index (χ2v) is 7.43. The molecule has 2 aliphatic rings. The van der Waals surface area contributed by atoms with Crippen LogP contribution in [0.25, 0.3) is 0 Å². The van der Waals surface area contributed by atoms with Gasteiger partial charge in [0.2, 0.25) is 11.8 Å². The number of hydrogen-bond donors (Lipinski definition) is 3. The van der Waals surface area contributed by atoms with E-state index in [9.17, 15) is 9.59 Å². The Bertz CT molecular complexity index is 696. The Morgan fingerprint density at radius 1 is 0.964 bits per heavy atom. The summed E-state index contributed by atoms with van der Waals surface area (Å²) in [5.41, 5.74) is 12.6. The van der Waals surface area contributed by atoms with Gasteiger partial charge in [-0.25, -0.2) is 0 Å². The molecule has 2 amide bonds. The second kappa shape index (κ2) is 10.8. The van der Waals surface area contributed by atoms with Crippen LogP contribution in [0, 0.1) is 5.92 Å². The Labute approximate surface area is 168 Å². The molecular formula is C22H34N4O2. The van der Waals surface area contributed by atoms with Gasteiger partial charge in [0.1, 0.15) is 5.84 Å². The predicted octanol–water partition coefficient (Wildman–Crippen LogP) is 3.13. The molecule has 2 atom stereocenters. The average molecular weight is 387 g/mol. The minimum Gasteiger partial charge on any atom is -0.383 e. The van der Waals surface area contributed by atoms with Gasteiger partial charge in [0, 0.05) is 23.1 Å². The van der Waals surface area contributed by atoms with Crippen LogP contribution in [-0.4, -0.2) is 29.7 Å².